The van der Waals surface area contributed by atoms with Crippen LogP contribution < -0.4 is 21.4 Å². The highest BCUT2D eigenvalue weighted by Gasteiger charge is 2.09. The molecule has 0 spiro atoms. The van der Waals surface area contributed by atoms with Crippen LogP contribution in [0, 0.1) is 0 Å². The molecule has 0 fully saturated rings. The van der Waals surface area contributed by atoms with Crippen molar-refractivity contribution < 1.29 is 21.4 Å². The molecule has 0 unspecified atom stereocenters. The lowest BCUT2D eigenvalue weighted by atomic mass is 10.2. The van der Waals surface area contributed by atoms with E-state index in [0.717, 1.165) is 17.2 Å². The molecule has 2 aromatic heterocycles. The first-order chi connectivity index (χ1) is 8.33. The SMILES string of the molecule is Clc1ccc2n(Cc3ccccc3)cc[n+]2c1.[Br-]. The number of hydrogen-bond acceptors (Lipinski definition) is 0. The molecule has 0 aliphatic heterocycles. The number of rotatable bonds is 2. The van der Waals surface area contributed by atoms with Crippen LogP contribution in [0.1, 0.15) is 5.56 Å². The number of halogens is 2. The van der Waals surface area contributed by atoms with Gasteiger partial charge in [-0.15, -0.1) is 0 Å². The molecule has 0 atom stereocenters. The molecule has 0 aliphatic carbocycles. The molecule has 3 aromatic rings. The minimum absolute atomic E-state index is 0. The molecular weight excluding hydrogens is 312 g/mol. The Kier molecular flexibility index (Phi) is 4.04. The lowest BCUT2D eigenvalue weighted by Crippen LogP contribution is -3.00. The summed E-state index contributed by atoms with van der Waals surface area (Å²) in [6.45, 7) is 0.874. The van der Waals surface area contributed by atoms with Crippen LogP contribution >= 0.6 is 11.6 Å². The fraction of sp³-hybridized carbons (Fsp3) is 0.0714. The zero-order chi connectivity index (χ0) is 11.7. The van der Waals surface area contributed by atoms with E-state index in [4.69, 9.17) is 11.6 Å². The van der Waals surface area contributed by atoms with Gasteiger partial charge >= 0.3 is 0 Å². The summed E-state index contributed by atoms with van der Waals surface area (Å²) in [4.78, 5) is 0. The molecule has 0 bridgehead atoms. The summed E-state index contributed by atoms with van der Waals surface area (Å²) in [5.41, 5.74) is 2.43. The van der Waals surface area contributed by atoms with Crippen LogP contribution in [-0.2, 0) is 6.54 Å². The molecule has 0 amide bonds. The average molecular weight is 324 g/mol. The number of pyridine rings is 1. The molecule has 0 N–H and O–H groups in total. The lowest BCUT2D eigenvalue weighted by molar-refractivity contribution is -0.510. The standard InChI is InChI=1S/C14H12ClN2.BrH/c15-13-6-7-14-16(8-9-17(14)11-13)10-12-4-2-1-3-5-12;/h1-9,11H,10H2;1H/q+1;/p-1. The van der Waals surface area contributed by atoms with Gasteiger partial charge in [0.2, 0.25) is 0 Å². The highest BCUT2D eigenvalue weighted by Crippen LogP contribution is 2.09. The van der Waals surface area contributed by atoms with Crippen LogP contribution in [0.2, 0.25) is 5.02 Å². The van der Waals surface area contributed by atoms with E-state index in [9.17, 15) is 0 Å². The summed E-state index contributed by atoms with van der Waals surface area (Å²) in [7, 11) is 0. The maximum Gasteiger partial charge on any atom is 0.286 e. The molecule has 3 rings (SSSR count). The third-order valence-electron chi connectivity index (χ3n) is 2.82. The molecular formula is C14H12BrClN2. The quantitative estimate of drug-likeness (QED) is 0.584. The molecule has 4 heteroatoms. The summed E-state index contributed by atoms with van der Waals surface area (Å²) < 4.78 is 4.23. The van der Waals surface area contributed by atoms with E-state index in [1.165, 1.54) is 5.56 Å². The Hall–Kier alpha value is -1.32. The summed E-state index contributed by atoms with van der Waals surface area (Å²) in [5, 5.41) is 0.750. The normalized spacial score (nSPS) is 10.3. The summed E-state index contributed by atoms with van der Waals surface area (Å²) >= 11 is 5.96. The first-order valence-corrected chi connectivity index (χ1v) is 5.90. The number of fused-ring (bicyclic) bond motifs is 1. The largest absolute Gasteiger partial charge is 1.00 e. The maximum absolute atomic E-state index is 5.96. The van der Waals surface area contributed by atoms with Crippen molar-refractivity contribution in [3.63, 3.8) is 0 Å². The van der Waals surface area contributed by atoms with Crippen LogP contribution in [0.3, 0.4) is 0 Å². The van der Waals surface area contributed by atoms with Gasteiger partial charge in [-0.3, -0.25) is 0 Å². The smallest absolute Gasteiger partial charge is 0.286 e. The third kappa shape index (κ3) is 2.57. The Morgan fingerprint density at radius 1 is 1.06 bits per heavy atom. The average Bonchev–Trinajstić information content (AvgIpc) is 2.73. The van der Waals surface area contributed by atoms with E-state index in [0.29, 0.717) is 0 Å². The topological polar surface area (TPSA) is 9.03 Å². The van der Waals surface area contributed by atoms with E-state index < -0.39 is 0 Å². The molecule has 0 saturated heterocycles. The van der Waals surface area contributed by atoms with Gasteiger partial charge in [0.05, 0.1) is 5.02 Å². The van der Waals surface area contributed by atoms with Crippen molar-refractivity contribution in [2.45, 2.75) is 6.54 Å². The number of benzene rings is 1. The van der Waals surface area contributed by atoms with Gasteiger partial charge in [0.15, 0.2) is 0 Å². The highest BCUT2D eigenvalue weighted by atomic mass is 79.9. The predicted molar refractivity (Wildman–Crippen MR) is 68.1 cm³/mol. The van der Waals surface area contributed by atoms with Crippen molar-refractivity contribution in [1.82, 2.24) is 4.57 Å². The molecule has 0 aliphatic rings. The third-order valence-corrected chi connectivity index (χ3v) is 3.04. The van der Waals surface area contributed by atoms with Gasteiger partial charge in [-0.25, -0.2) is 8.97 Å². The minimum atomic E-state index is 0. The zero-order valence-electron chi connectivity index (χ0n) is 9.63. The van der Waals surface area contributed by atoms with E-state index in [2.05, 4.69) is 35.0 Å². The summed E-state index contributed by atoms with van der Waals surface area (Å²) in [5.74, 6) is 0. The van der Waals surface area contributed by atoms with Gasteiger partial charge < -0.3 is 17.0 Å². The fourth-order valence-corrected chi connectivity index (χ4v) is 2.16. The second kappa shape index (κ2) is 5.55. The number of aromatic nitrogens is 2. The van der Waals surface area contributed by atoms with Gasteiger partial charge in [-0.05, 0) is 11.6 Å². The molecule has 2 nitrogen and oxygen atoms in total. The van der Waals surface area contributed by atoms with E-state index in [1.54, 1.807) is 0 Å². The van der Waals surface area contributed by atoms with Crippen molar-refractivity contribution in [1.29, 1.82) is 0 Å². The van der Waals surface area contributed by atoms with Gasteiger partial charge in [0.1, 0.15) is 25.1 Å². The van der Waals surface area contributed by atoms with Gasteiger partial charge in [-0.2, -0.15) is 0 Å². The number of hydrogen-bond donors (Lipinski definition) is 0. The van der Waals surface area contributed by atoms with E-state index in [-0.39, 0.29) is 17.0 Å². The highest BCUT2D eigenvalue weighted by molar-refractivity contribution is 6.30. The van der Waals surface area contributed by atoms with Crippen LogP contribution in [0.5, 0.6) is 0 Å². The molecule has 1 aromatic carbocycles. The van der Waals surface area contributed by atoms with Gasteiger partial charge in [0.25, 0.3) is 5.65 Å². The predicted octanol–water partition coefficient (Wildman–Crippen LogP) is -0.0675. The van der Waals surface area contributed by atoms with E-state index in [1.807, 2.05) is 35.0 Å². The Bertz CT molecular complexity index is 649. The van der Waals surface area contributed by atoms with Gasteiger partial charge in [-0.1, -0.05) is 41.9 Å². The Labute approximate surface area is 121 Å². The number of nitrogens with zero attached hydrogens (tertiary/aromatic N) is 2. The fourth-order valence-electron chi connectivity index (χ4n) is 1.99. The van der Waals surface area contributed by atoms with Crippen molar-refractivity contribution >= 4 is 17.2 Å². The Morgan fingerprint density at radius 2 is 1.83 bits per heavy atom. The van der Waals surface area contributed by atoms with Crippen LogP contribution in [0.15, 0.2) is 61.1 Å². The van der Waals surface area contributed by atoms with Crippen molar-refractivity contribution in [3.05, 3.63) is 71.6 Å². The zero-order valence-corrected chi connectivity index (χ0v) is 12.0. The minimum Gasteiger partial charge on any atom is -1.00 e. The lowest BCUT2D eigenvalue weighted by Gasteiger charge is -1.98. The Balaban J connectivity index is 0.00000120. The summed E-state index contributed by atoms with van der Waals surface area (Å²) in [6.07, 6.45) is 6.00. The molecule has 18 heavy (non-hydrogen) atoms. The van der Waals surface area contributed by atoms with Crippen molar-refractivity contribution in [2.24, 2.45) is 0 Å². The molecule has 92 valence electrons. The Morgan fingerprint density at radius 3 is 2.61 bits per heavy atom. The maximum atomic E-state index is 5.96. The molecule has 2 heterocycles. The monoisotopic (exact) mass is 322 g/mol. The van der Waals surface area contributed by atoms with E-state index >= 15 is 0 Å². The van der Waals surface area contributed by atoms with Crippen molar-refractivity contribution in [2.75, 3.05) is 0 Å². The van der Waals surface area contributed by atoms with Crippen molar-refractivity contribution in [3.8, 4) is 0 Å². The molecule has 0 radical (unpaired) electrons. The molecule has 0 saturated carbocycles. The van der Waals surface area contributed by atoms with Crippen LogP contribution in [0.25, 0.3) is 5.65 Å². The first kappa shape index (κ1) is 13.1. The second-order valence-electron chi connectivity index (χ2n) is 4.02. The second-order valence-corrected chi connectivity index (χ2v) is 4.46. The van der Waals surface area contributed by atoms with Crippen LogP contribution in [-0.4, -0.2) is 4.57 Å². The first-order valence-electron chi connectivity index (χ1n) is 5.52. The summed E-state index contributed by atoms with van der Waals surface area (Å²) in [6, 6.07) is 14.4. The van der Waals surface area contributed by atoms with Gasteiger partial charge in [0, 0.05) is 6.07 Å². The number of imidazole rings is 1. The van der Waals surface area contributed by atoms with Crippen LogP contribution in [0.4, 0.5) is 0 Å².